The molecule has 2 aromatic carbocycles. The number of para-hydroxylation sites is 1. The van der Waals surface area contributed by atoms with Crippen molar-refractivity contribution >= 4 is 40.6 Å². The van der Waals surface area contributed by atoms with Gasteiger partial charge in [-0.3, -0.25) is 9.56 Å². The average molecular weight is 383 g/mol. The summed E-state index contributed by atoms with van der Waals surface area (Å²) >= 11 is 1.23. The molecule has 1 aliphatic heterocycles. The van der Waals surface area contributed by atoms with Crippen molar-refractivity contribution in [3.8, 4) is 5.88 Å². The molecule has 136 valence electrons. The number of rotatable bonds is 3. The minimum Gasteiger partial charge on any atom is -0.493 e. The number of aromatic hydroxyl groups is 1. The summed E-state index contributed by atoms with van der Waals surface area (Å²) < 4.78 is 28.6. The molecule has 2 heterocycles. The van der Waals surface area contributed by atoms with Crippen LogP contribution < -0.4 is 4.80 Å². The summed E-state index contributed by atoms with van der Waals surface area (Å²) in [6.07, 6.45) is 3.58. The van der Waals surface area contributed by atoms with Crippen LogP contribution in [0.4, 0.5) is 20.2 Å². The number of hydrogen-bond acceptors (Lipinski definition) is 4. The molecule has 0 amide bonds. The van der Waals surface area contributed by atoms with E-state index >= 15 is 0 Å². The van der Waals surface area contributed by atoms with E-state index in [9.17, 15) is 13.9 Å². The Morgan fingerprint density at radius 3 is 2.81 bits per heavy atom. The summed E-state index contributed by atoms with van der Waals surface area (Å²) in [6, 6.07) is 11.0. The second kappa shape index (κ2) is 6.92. The molecule has 0 unspecified atom stereocenters. The molecule has 0 saturated heterocycles. The molecule has 7 heteroatoms. The summed E-state index contributed by atoms with van der Waals surface area (Å²) in [5.41, 5.74) is 2.76. The normalized spacial score (nSPS) is 14.9. The number of halogens is 2. The predicted molar refractivity (Wildman–Crippen MR) is 104 cm³/mol. The molecule has 0 aliphatic carbocycles. The highest BCUT2D eigenvalue weighted by Gasteiger charge is 2.15. The van der Waals surface area contributed by atoms with Crippen LogP contribution in [-0.2, 0) is 6.54 Å². The van der Waals surface area contributed by atoms with Gasteiger partial charge in [-0.15, -0.1) is 0 Å². The lowest BCUT2D eigenvalue weighted by molar-refractivity contribution is 0.416. The average Bonchev–Trinajstić information content (AvgIpc) is 3.19. The summed E-state index contributed by atoms with van der Waals surface area (Å²) in [5.74, 6) is -1.36. The fraction of sp³-hybridized carbons (Fsp3) is 0.100. The Kier molecular flexibility index (Phi) is 4.45. The number of aliphatic imine (C=N–C) groups is 1. The first-order valence-electron chi connectivity index (χ1n) is 8.34. The summed E-state index contributed by atoms with van der Waals surface area (Å²) in [5, 5.41) is 10.6. The van der Waals surface area contributed by atoms with Crippen molar-refractivity contribution in [2.75, 3.05) is 0 Å². The first-order valence-corrected chi connectivity index (χ1v) is 9.16. The predicted octanol–water partition coefficient (Wildman–Crippen LogP) is 5.04. The van der Waals surface area contributed by atoms with Crippen LogP contribution in [0.5, 0.6) is 5.88 Å². The Morgan fingerprint density at radius 2 is 2.04 bits per heavy atom. The van der Waals surface area contributed by atoms with Crippen molar-refractivity contribution in [3.63, 3.8) is 0 Å². The van der Waals surface area contributed by atoms with E-state index in [4.69, 9.17) is 0 Å². The molecule has 27 heavy (non-hydrogen) atoms. The third kappa shape index (κ3) is 3.21. The van der Waals surface area contributed by atoms with Crippen molar-refractivity contribution in [1.82, 2.24) is 4.57 Å². The number of allylic oxidation sites excluding steroid dienone is 1. The van der Waals surface area contributed by atoms with Gasteiger partial charge >= 0.3 is 0 Å². The van der Waals surface area contributed by atoms with Gasteiger partial charge in [0.1, 0.15) is 11.5 Å². The van der Waals surface area contributed by atoms with Crippen LogP contribution in [0.1, 0.15) is 17.4 Å². The molecule has 1 N–H and O–H groups in total. The molecule has 0 radical (unpaired) electrons. The van der Waals surface area contributed by atoms with Crippen LogP contribution >= 0.6 is 11.3 Å². The molecule has 4 rings (SSSR count). The number of fused-ring (bicyclic) bond motifs is 1. The molecule has 1 aromatic heterocycles. The fourth-order valence-corrected chi connectivity index (χ4v) is 3.91. The first-order chi connectivity index (χ1) is 13.1. The van der Waals surface area contributed by atoms with Crippen LogP contribution in [0.15, 0.2) is 52.4 Å². The van der Waals surface area contributed by atoms with Crippen LogP contribution in [0.3, 0.4) is 0 Å². The minimum atomic E-state index is -0.748. The van der Waals surface area contributed by atoms with Gasteiger partial charge in [0.15, 0.2) is 10.6 Å². The van der Waals surface area contributed by atoms with Gasteiger partial charge in [0.05, 0.1) is 10.6 Å². The molecule has 4 nitrogen and oxygen atoms in total. The standard InChI is InChI=1S/C20H15F2N3OS/c1-2-25-19(26)18(9-12-11-23-16-6-4-3-5-14(12)16)27-20(25)24-17-8-7-13(21)10-15(17)22/h3-11,26H,2H2,1H3/b12-9+,24-20?. The van der Waals surface area contributed by atoms with Gasteiger partial charge in [-0.2, -0.15) is 0 Å². The lowest BCUT2D eigenvalue weighted by Crippen LogP contribution is -2.12. The number of benzene rings is 2. The van der Waals surface area contributed by atoms with Crippen LogP contribution in [0.25, 0.3) is 11.6 Å². The maximum atomic E-state index is 13.9. The van der Waals surface area contributed by atoms with E-state index in [0.717, 1.165) is 29.0 Å². The van der Waals surface area contributed by atoms with Crippen LogP contribution in [-0.4, -0.2) is 15.9 Å². The second-order valence-corrected chi connectivity index (χ2v) is 6.91. The van der Waals surface area contributed by atoms with Crippen molar-refractivity contribution < 1.29 is 13.9 Å². The summed E-state index contributed by atoms with van der Waals surface area (Å²) in [4.78, 5) is 9.65. The third-order valence-corrected chi connectivity index (χ3v) is 5.21. The summed E-state index contributed by atoms with van der Waals surface area (Å²) in [6.45, 7) is 2.31. The van der Waals surface area contributed by atoms with Gasteiger partial charge in [0, 0.05) is 30.0 Å². The van der Waals surface area contributed by atoms with E-state index in [1.165, 1.54) is 17.4 Å². The molecule has 0 atom stereocenters. The van der Waals surface area contributed by atoms with Crippen molar-refractivity contribution in [3.05, 3.63) is 69.3 Å². The number of nitrogens with zero attached hydrogens (tertiary/aromatic N) is 3. The van der Waals surface area contributed by atoms with Crippen molar-refractivity contribution in [2.24, 2.45) is 9.98 Å². The number of aromatic nitrogens is 1. The Morgan fingerprint density at radius 1 is 1.22 bits per heavy atom. The molecule has 3 aromatic rings. The zero-order valence-electron chi connectivity index (χ0n) is 14.4. The van der Waals surface area contributed by atoms with Crippen molar-refractivity contribution in [2.45, 2.75) is 13.5 Å². The first kappa shape index (κ1) is 17.4. The van der Waals surface area contributed by atoms with Gasteiger partial charge in [-0.1, -0.05) is 29.5 Å². The second-order valence-electron chi connectivity index (χ2n) is 5.90. The van der Waals surface area contributed by atoms with E-state index in [1.807, 2.05) is 37.3 Å². The maximum Gasteiger partial charge on any atom is 0.211 e. The number of hydrogen-bond donors (Lipinski definition) is 1. The molecule has 1 aliphatic rings. The number of thiazole rings is 1. The van der Waals surface area contributed by atoms with E-state index in [2.05, 4.69) is 9.98 Å². The SMILES string of the molecule is CCn1c(O)c(/C=C2\C=Nc3ccccc32)sc1=Nc1ccc(F)cc1F. The van der Waals surface area contributed by atoms with E-state index < -0.39 is 11.6 Å². The topological polar surface area (TPSA) is 49.9 Å². The Labute approximate surface area is 158 Å². The highest BCUT2D eigenvalue weighted by molar-refractivity contribution is 7.10. The molecule has 0 bridgehead atoms. The maximum absolute atomic E-state index is 13.9. The lowest BCUT2D eigenvalue weighted by atomic mass is 10.1. The molecular weight excluding hydrogens is 368 g/mol. The summed E-state index contributed by atoms with van der Waals surface area (Å²) in [7, 11) is 0. The van der Waals surface area contributed by atoms with Crippen LogP contribution in [0.2, 0.25) is 0 Å². The quantitative estimate of drug-likeness (QED) is 0.677. The Balaban J connectivity index is 1.82. The molecule has 0 fully saturated rings. The van der Waals surface area contributed by atoms with Gasteiger partial charge in [-0.05, 0) is 31.2 Å². The monoisotopic (exact) mass is 383 g/mol. The van der Waals surface area contributed by atoms with Gasteiger partial charge in [-0.25, -0.2) is 13.8 Å². The fourth-order valence-electron chi connectivity index (χ4n) is 2.86. The van der Waals surface area contributed by atoms with Gasteiger partial charge in [0.25, 0.3) is 0 Å². The van der Waals surface area contributed by atoms with E-state index in [-0.39, 0.29) is 11.6 Å². The van der Waals surface area contributed by atoms with Crippen LogP contribution in [0, 0.1) is 11.6 Å². The Hall–Kier alpha value is -3.06. The van der Waals surface area contributed by atoms with Gasteiger partial charge in [0.2, 0.25) is 5.88 Å². The Bertz CT molecular complexity index is 1160. The zero-order chi connectivity index (χ0) is 19.0. The van der Waals surface area contributed by atoms with E-state index in [1.54, 1.807) is 10.8 Å². The molecule has 0 saturated carbocycles. The highest BCUT2D eigenvalue weighted by atomic mass is 32.1. The third-order valence-electron chi connectivity index (χ3n) is 4.19. The highest BCUT2D eigenvalue weighted by Crippen LogP contribution is 2.34. The minimum absolute atomic E-state index is 0.0202. The van der Waals surface area contributed by atoms with Crippen molar-refractivity contribution in [1.29, 1.82) is 0 Å². The molecular formula is C20H15F2N3OS. The van der Waals surface area contributed by atoms with Gasteiger partial charge < -0.3 is 5.11 Å². The van der Waals surface area contributed by atoms with E-state index in [0.29, 0.717) is 16.2 Å². The lowest BCUT2D eigenvalue weighted by Gasteiger charge is -2.01. The smallest absolute Gasteiger partial charge is 0.211 e. The molecule has 0 spiro atoms. The zero-order valence-corrected chi connectivity index (χ0v) is 15.2. The largest absolute Gasteiger partial charge is 0.493 e.